The lowest BCUT2D eigenvalue weighted by Gasteiger charge is -2.60. The van der Waals surface area contributed by atoms with Crippen LogP contribution in [0.5, 0.6) is 28.7 Å². The summed E-state index contributed by atoms with van der Waals surface area (Å²) in [5.74, 6) is 0.787. The maximum Gasteiger partial charge on any atom is 0.254 e. The molecule has 1 saturated carbocycles. The predicted octanol–water partition coefficient (Wildman–Crippen LogP) is 9.30. The molecule has 0 unspecified atom stereocenters. The minimum Gasteiger partial charge on any atom is -0.459 e. The third-order valence-electron chi connectivity index (χ3n) is 13.2. The Balaban J connectivity index is 1.34. The quantitative estimate of drug-likeness (QED) is 0.0562. The van der Waals surface area contributed by atoms with Crippen LogP contribution in [0.2, 0.25) is 0 Å². The second-order valence-corrected chi connectivity index (χ2v) is 17.1. The van der Waals surface area contributed by atoms with Crippen LogP contribution in [0.4, 0.5) is 0 Å². The topological polar surface area (TPSA) is 152 Å². The molecule has 12 heteroatoms. The normalized spacial score (nSPS) is 23.2. The van der Waals surface area contributed by atoms with Gasteiger partial charge in [0.15, 0.2) is 11.5 Å². The van der Waals surface area contributed by atoms with Crippen molar-refractivity contribution in [2.24, 2.45) is 22.9 Å². The summed E-state index contributed by atoms with van der Waals surface area (Å²) in [4.78, 5) is 22.8. The molecule has 64 heavy (non-hydrogen) atoms. The average molecular weight is 868 g/mol. The summed E-state index contributed by atoms with van der Waals surface area (Å²) in [6.45, 7) is 8.74. The van der Waals surface area contributed by atoms with Gasteiger partial charge >= 0.3 is 0 Å². The van der Waals surface area contributed by atoms with Gasteiger partial charge in [0.05, 0.1) is 29.9 Å². The smallest absolute Gasteiger partial charge is 0.254 e. The number of aliphatic hydroxyl groups is 2. The van der Waals surface area contributed by atoms with Crippen LogP contribution in [-0.2, 0) is 16.1 Å². The number of carbonyl (C=O) groups is 1. The highest BCUT2D eigenvalue weighted by Crippen LogP contribution is 2.62. The van der Waals surface area contributed by atoms with E-state index in [9.17, 15) is 15.5 Å². The van der Waals surface area contributed by atoms with Crippen molar-refractivity contribution in [3.63, 3.8) is 0 Å². The minimum atomic E-state index is -1.48. The Kier molecular flexibility index (Phi) is 13.7. The summed E-state index contributed by atoms with van der Waals surface area (Å²) in [7, 11) is 1.53. The van der Waals surface area contributed by atoms with Gasteiger partial charge in [-0.25, -0.2) is 0 Å². The Morgan fingerprint density at radius 2 is 1.66 bits per heavy atom. The molecule has 0 aromatic heterocycles. The molecule has 0 radical (unpaired) electrons. The van der Waals surface area contributed by atoms with Gasteiger partial charge in [-0.2, -0.15) is 5.26 Å². The molecule has 4 aromatic carbocycles. The van der Waals surface area contributed by atoms with Crippen LogP contribution in [0.15, 0.2) is 108 Å². The highest BCUT2D eigenvalue weighted by Gasteiger charge is 2.65. The second kappa shape index (κ2) is 19.7. The van der Waals surface area contributed by atoms with Crippen LogP contribution in [-0.4, -0.2) is 72.3 Å². The number of nitrogens with zero attached hydrogens (tertiary/aromatic N) is 3. The molecule has 4 aliphatic rings. The van der Waals surface area contributed by atoms with E-state index in [0.29, 0.717) is 52.7 Å². The van der Waals surface area contributed by atoms with Crippen molar-refractivity contribution in [2.75, 3.05) is 33.7 Å². The maximum absolute atomic E-state index is 15.3. The van der Waals surface area contributed by atoms with Crippen molar-refractivity contribution < 1.29 is 43.5 Å². The van der Waals surface area contributed by atoms with E-state index < -0.39 is 17.7 Å². The number of aryl methyl sites for hydroxylation is 2. The van der Waals surface area contributed by atoms with Crippen LogP contribution >= 0.6 is 0 Å². The molecular weight excluding hydrogens is 811 g/mol. The molecule has 1 amide bonds. The van der Waals surface area contributed by atoms with Gasteiger partial charge < -0.3 is 43.6 Å². The van der Waals surface area contributed by atoms with Gasteiger partial charge in [-0.1, -0.05) is 42.3 Å². The van der Waals surface area contributed by atoms with Crippen molar-refractivity contribution in [1.82, 2.24) is 4.90 Å². The summed E-state index contributed by atoms with van der Waals surface area (Å²) in [5, 5.41) is 34.3. The lowest BCUT2D eigenvalue weighted by Crippen LogP contribution is -2.70. The lowest BCUT2D eigenvalue weighted by molar-refractivity contribution is -0.255. The molecule has 2 N–H and O–H groups in total. The molecule has 2 aliphatic carbocycles. The van der Waals surface area contributed by atoms with Crippen molar-refractivity contribution >= 4 is 11.6 Å². The van der Waals surface area contributed by atoms with E-state index in [-0.39, 0.29) is 63.2 Å². The van der Waals surface area contributed by atoms with Gasteiger partial charge in [-0.3, -0.25) is 4.79 Å². The minimum absolute atomic E-state index is 0.0318. The summed E-state index contributed by atoms with van der Waals surface area (Å²) in [6, 6.07) is 25.7. The standard InChI is InChI=1S/C52H57N3O9/c1-5-24-62-52-48(55(51(58)37-16-13-35(30-53)14-17-37)31-36-15-20-46-47(26-36)61-32-60-46)29-44(54-59-4)42-27-38(10-6-8-22-56)41(11-7-9-23-57)49(50(42)52)43-28-40(19-21-45(43)64-52)63-39-18-12-33(2)34(3)25-39/h5,12-21,25-28,38,41,48-50,56-57H,1,6-11,22-24,29,31-32H2,2-4H3/t38-,41+,48-,49+,50+,52+/m0/s1. The number of hydrogen-bond donors (Lipinski definition) is 2. The van der Waals surface area contributed by atoms with E-state index in [1.165, 1.54) is 12.7 Å². The Morgan fingerprint density at radius 3 is 2.39 bits per heavy atom. The largest absolute Gasteiger partial charge is 0.459 e. The molecule has 2 aliphatic heterocycles. The van der Waals surface area contributed by atoms with Gasteiger partial charge in [-0.05, 0) is 140 Å². The third-order valence-corrected chi connectivity index (χ3v) is 13.2. The number of allylic oxidation sites excluding steroid dienone is 1. The van der Waals surface area contributed by atoms with E-state index >= 15 is 4.79 Å². The molecule has 1 fully saturated rings. The van der Waals surface area contributed by atoms with Crippen molar-refractivity contribution in [3.8, 4) is 34.8 Å². The Hall–Kier alpha value is -6.13. The van der Waals surface area contributed by atoms with Gasteiger partial charge in [0.25, 0.3) is 5.91 Å². The molecule has 0 spiro atoms. The van der Waals surface area contributed by atoms with Crippen LogP contribution in [0.3, 0.4) is 0 Å². The fraction of sp³-hybridized carbons (Fsp3) is 0.404. The molecular formula is C52H57N3O9. The molecule has 6 atom stereocenters. The summed E-state index contributed by atoms with van der Waals surface area (Å²) in [6.07, 6.45) is 8.77. The first-order valence-electron chi connectivity index (χ1n) is 22.3. The number of nitriles is 1. The van der Waals surface area contributed by atoms with E-state index in [4.69, 9.17) is 33.7 Å². The van der Waals surface area contributed by atoms with Crippen LogP contribution < -0.4 is 18.9 Å². The fourth-order valence-electron chi connectivity index (χ4n) is 10.1. The SMILES string of the molecule is C=CCO[C@@]12Oc3ccc(Oc4ccc(C)c(C)c4)cc3[C@H]3[C@H](CCCCO)[C@@H](CCCCO)C=C(C(=NOC)C[C@@H]1N(Cc1ccc4c(c1)OCO4)C(=O)c1ccc(C#N)cc1)[C@H]32. The molecule has 8 rings (SSSR count). The van der Waals surface area contributed by atoms with Crippen molar-refractivity contribution in [2.45, 2.75) is 83.1 Å². The number of aliphatic hydroxyl groups excluding tert-OH is 2. The Bertz CT molecular complexity index is 2440. The zero-order chi connectivity index (χ0) is 44.8. The average Bonchev–Trinajstić information content (AvgIpc) is 3.78. The number of rotatable bonds is 18. The first kappa shape index (κ1) is 44.5. The molecule has 12 nitrogen and oxygen atoms in total. The van der Waals surface area contributed by atoms with Gasteiger partial charge in [0.1, 0.15) is 30.4 Å². The molecule has 0 bridgehead atoms. The number of oxime groups is 1. The number of hydrogen-bond acceptors (Lipinski definition) is 11. The zero-order valence-corrected chi connectivity index (χ0v) is 36.8. The number of fused-ring (bicyclic) bond motifs is 3. The monoisotopic (exact) mass is 867 g/mol. The summed E-state index contributed by atoms with van der Waals surface area (Å²) in [5.41, 5.74) is 6.48. The highest BCUT2D eigenvalue weighted by molar-refractivity contribution is 6.03. The molecule has 4 aromatic rings. The molecule has 2 heterocycles. The number of ether oxygens (including phenoxy) is 5. The maximum atomic E-state index is 15.3. The van der Waals surface area contributed by atoms with Crippen LogP contribution in [0.1, 0.15) is 89.0 Å². The lowest BCUT2D eigenvalue weighted by atomic mass is 9.55. The fourth-order valence-corrected chi connectivity index (χ4v) is 10.1. The Morgan fingerprint density at radius 1 is 0.922 bits per heavy atom. The van der Waals surface area contributed by atoms with Crippen LogP contribution in [0, 0.1) is 42.9 Å². The summed E-state index contributed by atoms with van der Waals surface area (Å²) >= 11 is 0. The first-order chi connectivity index (χ1) is 31.2. The van der Waals surface area contributed by atoms with Crippen molar-refractivity contribution in [3.05, 3.63) is 137 Å². The highest BCUT2D eigenvalue weighted by atomic mass is 16.7. The molecule has 0 saturated heterocycles. The van der Waals surface area contributed by atoms with Crippen LogP contribution in [0.25, 0.3) is 0 Å². The third kappa shape index (κ3) is 8.85. The number of unbranched alkanes of at least 4 members (excludes halogenated alkanes) is 2. The van der Waals surface area contributed by atoms with Gasteiger partial charge in [0.2, 0.25) is 12.6 Å². The van der Waals surface area contributed by atoms with Gasteiger partial charge in [0, 0.05) is 43.2 Å². The Labute approximate surface area is 375 Å². The van der Waals surface area contributed by atoms with E-state index in [1.807, 2.05) is 42.5 Å². The van der Waals surface area contributed by atoms with E-state index in [1.54, 1.807) is 35.2 Å². The van der Waals surface area contributed by atoms with Gasteiger partial charge in [-0.15, -0.1) is 6.58 Å². The number of carbonyl (C=O) groups excluding carboxylic acids is 1. The zero-order valence-electron chi connectivity index (χ0n) is 36.8. The summed E-state index contributed by atoms with van der Waals surface area (Å²) < 4.78 is 32.6. The van der Waals surface area contributed by atoms with Crippen molar-refractivity contribution in [1.29, 1.82) is 5.26 Å². The number of amides is 1. The molecule has 334 valence electrons. The van der Waals surface area contributed by atoms with E-state index in [0.717, 1.165) is 53.7 Å². The first-order valence-corrected chi connectivity index (χ1v) is 22.3. The second-order valence-electron chi connectivity index (χ2n) is 17.1. The predicted molar refractivity (Wildman–Crippen MR) is 242 cm³/mol. The van der Waals surface area contributed by atoms with E-state index in [2.05, 4.69) is 44.7 Å². The number of benzene rings is 4.